The van der Waals surface area contributed by atoms with Crippen LogP contribution in [0.1, 0.15) is 24.6 Å². The Hall–Kier alpha value is -2.20. The summed E-state index contributed by atoms with van der Waals surface area (Å²) in [7, 11) is 0. The number of fused-ring (bicyclic) bond motifs is 1. The van der Waals surface area contributed by atoms with E-state index in [4.69, 9.17) is 4.52 Å². The Morgan fingerprint density at radius 2 is 1.81 bits per heavy atom. The van der Waals surface area contributed by atoms with Crippen LogP contribution in [-0.4, -0.2) is 23.2 Å². The maximum atomic E-state index is 5.47. The Morgan fingerprint density at radius 1 is 1.00 bits per heavy atom. The highest BCUT2D eigenvalue weighted by Gasteiger charge is 2.21. The summed E-state index contributed by atoms with van der Waals surface area (Å²) in [5.74, 6) is 1.89. The number of piperidine rings is 1. The van der Waals surface area contributed by atoms with E-state index in [0.29, 0.717) is 11.8 Å². The molecule has 1 saturated heterocycles. The van der Waals surface area contributed by atoms with Crippen LogP contribution >= 0.6 is 0 Å². The highest BCUT2D eigenvalue weighted by molar-refractivity contribution is 5.86. The molecule has 4 nitrogen and oxygen atoms in total. The van der Waals surface area contributed by atoms with Crippen molar-refractivity contribution in [3.63, 3.8) is 0 Å². The molecule has 0 atom stereocenters. The van der Waals surface area contributed by atoms with Crippen molar-refractivity contribution in [1.29, 1.82) is 0 Å². The molecule has 4 rings (SSSR count). The smallest absolute Gasteiger partial charge is 0.257 e. The van der Waals surface area contributed by atoms with Gasteiger partial charge in [0.15, 0.2) is 5.82 Å². The van der Waals surface area contributed by atoms with Gasteiger partial charge in [-0.1, -0.05) is 35.5 Å². The van der Waals surface area contributed by atoms with Gasteiger partial charge in [-0.3, -0.25) is 0 Å². The van der Waals surface area contributed by atoms with Gasteiger partial charge in [0.05, 0.1) is 0 Å². The number of rotatable bonds is 2. The van der Waals surface area contributed by atoms with E-state index >= 15 is 0 Å². The van der Waals surface area contributed by atoms with E-state index in [2.05, 4.69) is 39.7 Å². The molecule has 1 aliphatic heterocycles. The highest BCUT2D eigenvalue weighted by atomic mass is 16.5. The lowest BCUT2D eigenvalue weighted by atomic mass is 9.97. The van der Waals surface area contributed by atoms with Gasteiger partial charge >= 0.3 is 0 Å². The molecule has 21 heavy (non-hydrogen) atoms. The van der Waals surface area contributed by atoms with Crippen LogP contribution in [0.3, 0.4) is 0 Å². The first-order valence-corrected chi connectivity index (χ1v) is 7.44. The van der Waals surface area contributed by atoms with Crippen LogP contribution in [0.15, 0.2) is 47.0 Å². The third kappa shape index (κ3) is 2.43. The summed E-state index contributed by atoms with van der Waals surface area (Å²) in [6, 6.07) is 14.5. The lowest BCUT2D eigenvalue weighted by Gasteiger charge is -2.18. The molecule has 2 heterocycles. The molecule has 1 N–H and O–H groups in total. The predicted molar refractivity (Wildman–Crippen MR) is 82.1 cm³/mol. The Morgan fingerprint density at radius 3 is 2.67 bits per heavy atom. The maximum absolute atomic E-state index is 5.47. The van der Waals surface area contributed by atoms with Gasteiger partial charge in [-0.05, 0) is 48.8 Å². The summed E-state index contributed by atoms with van der Waals surface area (Å²) in [5, 5.41) is 9.95. The average molecular weight is 279 g/mol. The fourth-order valence-corrected chi connectivity index (χ4v) is 2.92. The Kier molecular flexibility index (Phi) is 3.16. The van der Waals surface area contributed by atoms with Crippen LogP contribution in [0, 0.1) is 0 Å². The zero-order valence-electron chi connectivity index (χ0n) is 11.7. The van der Waals surface area contributed by atoms with Crippen molar-refractivity contribution in [2.45, 2.75) is 18.8 Å². The van der Waals surface area contributed by atoms with E-state index in [1.54, 1.807) is 0 Å². The molecule has 0 amide bonds. The summed E-state index contributed by atoms with van der Waals surface area (Å²) >= 11 is 0. The van der Waals surface area contributed by atoms with Gasteiger partial charge in [0, 0.05) is 11.5 Å². The summed E-state index contributed by atoms with van der Waals surface area (Å²) < 4.78 is 5.47. The van der Waals surface area contributed by atoms with Gasteiger partial charge in [-0.15, -0.1) is 0 Å². The molecule has 0 spiro atoms. The molecular weight excluding hydrogens is 262 g/mol. The minimum atomic E-state index is 0.421. The minimum absolute atomic E-state index is 0.421. The van der Waals surface area contributed by atoms with Crippen LogP contribution in [0.2, 0.25) is 0 Å². The first-order chi connectivity index (χ1) is 10.4. The molecule has 0 aliphatic carbocycles. The first kappa shape index (κ1) is 12.5. The van der Waals surface area contributed by atoms with Crippen molar-refractivity contribution < 1.29 is 4.52 Å². The fourth-order valence-electron chi connectivity index (χ4n) is 2.92. The molecule has 1 fully saturated rings. The lowest BCUT2D eigenvalue weighted by molar-refractivity contribution is 0.392. The predicted octanol–water partition coefficient (Wildman–Crippen LogP) is 3.36. The van der Waals surface area contributed by atoms with Crippen molar-refractivity contribution in [3.8, 4) is 11.5 Å². The van der Waals surface area contributed by atoms with Crippen molar-refractivity contribution in [3.05, 3.63) is 48.3 Å². The number of hydrogen-bond donors (Lipinski definition) is 1. The molecule has 0 radical (unpaired) electrons. The SMILES string of the molecule is c1ccc2cc(-c3nc(C4CCNCC4)no3)ccc2c1. The third-order valence-corrected chi connectivity index (χ3v) is 4.14. The average Bonchev–Trinajstić information content (AvgIpc) is 3.05. The van der Waals surface area contributed by atoms with Crippen LogP contribution < -0.4 is 5.32 Å². The van der Waals surface area contributed by atoms with Crippen molar-refractivity contribution in [2.24, 2.45) is 0 Å². The first-order valence-electron chi connectivity index (χ1n) is 7.44. The number of hydrogen-bond acceptors (Lipinski definition) is 4. The van der Waals surface area contributed by atoms with Gasteiger partial charge in [0.2, 0.25) is 0 Å². The molecule has 1 aromatic heterocycles. The van der Waals surface area contributed by atoms with E-state index in [-0.39, 0.29) is 0 Å². The van der Waals surface area contributed by atoms with Crippen molar-refractivity contribution in [2.75, 3.05) is 13.1 Å². The van der Waals surface area contributed by atoms with Crippen LogP contribution in [-0.2, 0) is 0 Å². The van der Waals surface area contributed by atoms with Crippen LogP contribution in [0.5, 0.6) is 0 Å². The molecule has 106 valence electrons. The molecule has 0 saturated carbocycles. The van der Waals surface area contributed by atoms with E-state index in [9.17, 15) is 0 Å². The van der Waals surface area contributed by atoms with Gasteiger partial charge < -0.3 is 9.84 Å². The van der Waals surface area contributed by atoms with Gasteiger partial charge in [0.1, 0.15) is 0 Å². The van der Waals surface area contributed by atoms with Crippen LogP contribution in [0.25, 0.3) is 22.2 Å². The second-order valence-corrected chi connectivity index (χ2v) is 5.54. The third-order valence-electron chi connectivity index (χ3n) is 4.14. The summed E-state index contributed by atoms with van der Waals surface area (Å²) in [6.07, 6.45) is 2.16. The van der Waals surface area contributed by atoms with Crippen molar-refractivity contribution in [1.82, 2.24) is 15.5 Å². The van der Waals surface area contributed by atoms with E-state index in [0.717, 1.165) is 37.3 Å². The van der Waals surface area contributed by atoms with Gasteiger partial charge in [-0.25, -0.2) is 0 Å². The molecule has 2 aromatic carbocycles. The molecule has 3 aromatic rings. The molecule has 0 bridgehead atoms. The second kappa shape index (κ2) is 5.30. The highest BCUT2D eigenvalue weighted by Crippen LogP contribution is 2.27. The van der Waals surface area contributed by atoms with Gasteiger partial charge in [-0.2, -0.15) is 4.98 Å². The summed E-state index contributed by atoms with van der Waals surface area (Å²) in [6.45, 7) is 2.06. The zero-order valence-corrected chi connectivity index (χ0v) is 11.7. The fraction of sp³-hybridized carbons (Fsp3) is 0.294. The Bertz CT molecular complexity index is 759. The van der Waals surface area contributed by atoms with E-state index in [1.165, 1.54) is 10.8 Å². The molecule has 4 heteroatoms. The zero-order chi connectivity index (χ0) is 14.1. The second-order valence-electron chi connectivity index (χ2n) is 5.54. The van der Waals surface area contributed by atoms with Crippen LogP contribution in [0.4, 0.5) is 0 Å². The standard InChI is InChI=1S/C17H17N3O/c1-2-4-14-11-15(6-5-12(14)3-1)17-19-16(20-21-17)13-7-9-18-10-8-13/h1-6,11,13,18H,7-10H2. The Balaban J connectivity index is 1.67. The Labute approximate surface area is 123 Å². The quantitative estimate of drug-likeness (QED) is 0.781. The van der Waals surface area contributed by atoms with Gasteiger partial charge in [0.25, 0.3) is 5.89 Å². The largest absolute Gasteiger partial charge is 0.334 e. The monoisotopic (exact) mass is 279 g/mol. The summed E-state index contributed by atoms with van der Waals surface area (Å²) in [4.78, 5) is 4.61. The number of nitrogens with one attached hydrogen (secondary N) is 1. The topological polar surface area (TPSA) is 51.0 Å². The minimum Gasteiger partial charge on any atom is -0.334 e. The molecular formula is C17H17N3O. The maximum Gasteiger partial charge on any atom is 0.257 e. The lowest BCUT2D eigenvalue weighted by Crippen LogP contribution is -2.27. The van der Waals surface area contributed by atoms with E-state index in [1.807, 2.05) is 18.2 Å². The number of aromatic nitrogens is 2. The number of nitrogens with zero attached hydrogens (tertiary/aromatic N) is 2. The number of benzene rings is 2. The van der Waals surface area contributed by atoms with E-state index < -0.39 is 0 Å². The summed E-state index contributed by atoms with van der Waals surface area (Å²) in [5.41, 5.74) is 0.987. The normalized spacial score (nSPS) is 16.4. The molecule has 1 aliphatic rings. The molecule has 0 unspecified atom stereocenters. The van der Waals surface area contributed by atoms with Crippen molar-refractivity contribution >= 4 is 10.8 Å².